The van der Waals surface area contributed by atoms with Crippen LogP contribution in [0.5, 0.6) is 0 Å². The number of nitrogens with one attached hydrogen (secondary N) is 1. The van der Waals surface area contributed by atoms with E-state index in [0.29, 0.717) is 5.92 Å². The molecule has 21 heavy (non-hydrogen) atoms. The number of piperazine rings is 1. The topological polar surface area (TPSA) is 35.6 Å². The van der Waals surface area contributed by atoms with Crippen LogP contribution in [0.25, 0.3) is 0 Å². The molecule has 4 nitrogen and oxygen atoms in total. The van der Waals surface area contributed by atoms with Crippen LogP contribution in [0.2, 0.25) is 0 Å². The van der Waals surface area contributed by atoms with Crippen LogP contribution in [-0.4, -0.2) is 55.0 Å². The summed E-state index contributed by atoms with van der Waals surface area (Å²) in [7, 11) is 0. The van der Waals surface area contributed by atoms with E-state index in [2.05, 4.69) is 24.1 Å². The van der Waals surface area contributed by atoms with Gasteiger partial charge in [0.05, 0.1) is 5.56 Å². The van der Waals surface area contributed by atoms with Crippen LogP contribution in [0.4, 0.5) is 5.69 Å². The number of rotatable bonds is 5. The van der Waals surface area contributed by atoms with Crippen LogP contribution >= 0.6 is 0 Å². The van der Waals surface area contributed by atoms with E-state index in [1.165, 1.54) is 0 Å². The minimum absolute atomic E-state index is 0.149. The number of nitrogens with zero attached hydrogens (tertiary/aromatic N) is 2. The van der Waals surface area contributed by atoms with Gasteiger partial charge in [-0.25, -0.2) is 0 Å². The van der Waals surface area contributed by atoms with Crippen molar-refractivity contribution in [1.29, 1.82) is 0 Å². The largest absolute Gasteiger partial charge is 0.385 e. The lowest BCUT2D eigenvalue weighted by molar-refractivity contribution is 0.0625. The number of carbonyl (C=O) groups excluding carboxylic acids is 1. The number of hydrogen-bond acceptors (Lipinski definition) is 3. The lowest BCUT2D eigenvalue weighted by atomic mass is 10.1. The van der Waals surface area contributed by atoms with Gasteiger partial charge in [-0.2, -0.15) is 0 Å². The fourth-order valence-corrected chi connectivity index (χ4v) is 2.83. The minimum atomic E-state index is 0.149. The molecule has 1 aromatic carbocycles. The van der Waals surface area contributed by atoms with Crippen LogP contribution in [0.1, 0.15) is 31.1 Å². The third-order valence-corrected chi connectivity index (χ3v) is 3.81. The lowest BCUT2D eigenvalue weighted by Crippen LogP contribution is -2.49. The maximum atomic E-state index is 12.7. The Balaban J connectivity index is 1.99. The molecule has 0 saturated carbocycles. The van der Waals surface area contributed by atoms with Gasteiger partial charge in [-0.15, -0.1) is 0 Å². The summed E-state index contributed by atoms with van der Waals surface area (Å²) in [6.45, 7) is 12.1. The molecule has 1 saturated heterocycles. The zero-order valence-electron chi connectivity index (χ0n) is 13.4. The first-order valence-corrected chi connectivity index (χ1v) is 7.96. The molecule has 1 amide bonds. The smallest absolute Gasteiger partial charge is 0.256 e. The number of benzene rings is 1. The molecular weight excluding hydrogens is 262 g/mol. The van der Waals surface area contributed by atoms with Crippen molar-refractivity contribution in [3.63, 3.8) is 0 Å². The highest BCUT2D eigenvalue weighted by Crippen LogP contribution is 2.18. The molecule has 0 unspecified atom stereocenters. The molecule has 1 N–H and O–H groups in total. The second kappa shape index (κ2) is 7.46. The molecule has 1 aliphatic heterocycles. The third-order valence-electron chi connectivity index (χ3n) is 3.81. The summed E-state index contributed by atoms with van der Waals surface area (Å²) in [5.41, 5.74) is 1.73. The summed E-state index contributed by atoms with van der Waals surface area (Å²) in [5, 5.41) is 3.27. The standard InChI is InChI=1S/C17H27N3O/c1-4-18-16-8-6-5-7-15(16)17(21)20-11-9-19(10-12-20)13-14(2)3/h5-8,14,18H,4,9-13H2,1-3H3. The number of carbonyl (C=O) groups is 1. The van der Waals surface area contributed by atoms with Crippen LogP contribution in [0.15, 0.2) is 24.3 Å². The van der Waals surface area contributed by atoms with E-state index < -0.39 is 0 Å². The molecule has 0 spiro atoms. The predicted octanol–water partition coefficient (Wildman–Crippen LogP) is 2.53. The maximum absolute atomic E-state index is 12.7. The summed E-state index contributed by atoms with van der Waals surface area (Å²) in [5.74, 6) is 0.831. The summed E-state index contributed by atoms with van der Waals surface area (Å²) >= 11 is 0. The van der Waals surface area contributed by atoms with Gasteiger partial charge in [-0.3, -0.25) is 9.69 Å². The van der Waals surface area contributed by atoms with Crippen LogP contribution in [0.3, 0.4) is 0 Å². The Morgan fingerprint density at radius 1 is 1.19 bits per heavy atom. The maximum Gasteiger partial charge on any atom is 0.256 e. The van der Waals surface area contributed by atoms with Crippen LogP contribution in [-0.2, 0) is 0 Å². The van der Waals surface area contributed by atoms with Gasteiger partial charge in [0.1, 0.15) is 0 Å². The average Bonchev–Trinajstić information content (AvgIpc) is 2.48. The Bertz CT molecular complexity index is 465. The molecule has 0 atom stereocenters. The molecule has 2 rings (SSSR count). The summed E-state index contributed by atoms with van der Waals surface area (Å²) in [6.07, 6.45) is 0. The van der Waals surface area contributed by atoms with Gasteiger partial charge in [-0.1, -0.05) is 26.0 Å². The fraction of sp³-hybridized carbons (Fsp3) is 0.588. The van der Waals surface area contributed by atoms with Gasteiger partial charge in [0, 0.05) is 45.0 Å². The number of hydrogen-bond donors (Lipinski definition) is 1. The quantitative estimate of drug-likeness (QED) is 0.905. The van der Waals surface area contributed by atoms with Crippen molar-refractivity contribution in [3.05, 3.63) is 29.8 Å². The Labute approximate surface area is 128 Å². The van der Waals surface area contributed by atoms with E-state index in [0.717, 1.165) is 50.5 Å². The van der Waals surface area contributed by atoms with Gasteiger partial charge in [0.2, 0.25) is 0 Å². The fourth-order valence-electron chi connectivity index (χ4n) is 2.83. The molecule has 1 aromatic rings. The summed E-state index contributed by atoms with van der Waals surface area (Å²) < 4.78 is 0. The first-order chi connectivity index (χ1) is 10.1. The molecule has 1 heterocycles. The van der Waals surface area contributed by atoms with E-state index >= 15 is 0 Å². The normalized spacial score (nSPS) is 16.3. The van der Waals surface area contributed by atoms with Crippen molar-refractivity contribution in [3.8, 4) is 0 Å². The van der Waals surface area contributed by atoms with Crippen LogP contribution < -0.4 is 5.32 Å². The van der Waals surface area contributed by atoms with Gasteiger partial charge in [-0.05, 0) is 25.0 Å². The van der Waals surface area contributed by atoms with E-state index in [4.69, 9.17) is 0 Å². The first-order valence-electron chi connectivity index (χ1n) is 7.96. The molecular formula is C17H27N3O. The molecule has 116 valence electrons. The second-order valence-corrected chi connectivity index (χ2v) is 6.06. The Morgan fingerprint density at radius 3 is 2.48 bits per heavy atom. The first kappa shape index (κ1) is 15.8. The van der Waals surface area contributed by atoms with E-state index in [1.807, 2.05) is 36.1 Å². The van der Waals surface area contributed by atoms with E-state index in [1.54, 1.807) is 0 Å². The van der Waals surface area contributed by atoms with Gasteiger partial charge >= 0.3 is 0 Å². The highest BCUT2D eigenvalue weighted by atomic mass is 16.2. The number of para-hydroxylation sites is 1. The van der Waals surface area contributed by atoms with Crippen molar-refractivity contribution in [1.82, 2.24) is 9.80 Å². The van der Waals surface area contributed by atoms with Crippen molar-refractivity contribution >= 4 is 11.6 Å². The molecule has 0 aliphatic carbocycles. The van der Waals surface area contributed by atoms with Gasteiger partial charge < -0.3 is 10.2 Å². The molecule has 1 fully saturated rings. The zero-order valence-corrected chi connectivity index (χ0v) is 13.4. The molecule has 0 bridgehead atoms. The van der Waals surface area contributed by atoms with E-state index in [9.17, 15) is 4.79 Å². The lowest BCUT2D eigenvalue weighted by Gasteiger charge is -2.35. The van der Waals surface area contributed by atoms with Crippen LogP contribution in [0, 0.1) is 5.92 Å². The highest BCUT2D eigenvalue weighted by Gasteiger charge is 2.23. The number of anilines is 1. The van der Waals surface area contributed by atoms with Crippen molar-refractivity contribution < 1.29 is 4.79 Å². The minimum Gasteiger partial charge on any atom is -0.385 e. The van der Waals surface area contributed by atoms with Gasteiger partial charge in [0.25, 0.3) is 5.91 Å². The van der Waals surface area contributed by atoms with Crippen molar-refractivity contribution in [2.45, 2.75) is 20.8 Å². The molecule has 0 aromatic heterocycles. The second-order valence-electron chi connectivity index (χ2n) is 6.06. The molecule has 4 heteroatoms. The highest BCUT2D eigenvalue weighted by molar-refractivity contribution is 5.99. The predicted molar refractivity (Wildman–Crippen MR) is 87.8 cm³/mol. The zero-order chi connectivity index (χ0) is 15.2. The molecule has 1 aliphatic rings. The summed E-state index contributed by atoms with van der Waals surface area (Å²) in [6, 6.07) is 7.80. The van der Waals surface area contributed by atoms with Gasteiger partial charge in [0.15, 0.2) is 0 Å². The Hall–Kier alpha value is -1.55. The van der Waals surface area contributed by atoms with Crippen molar-refractivity contribution in [2.75, 3.05) is 44.6 Å². The Morgan fingerprint density at radius 2 is 1.86 bits per heavy atom. The summed E-state index contributed by atoms with van der Waals surface area (Å²) in [4.78, 5) is 17.1. The SMILES string of the molecule is CCNc1ccccc1C(=O)N1CCN(CC(C)C)CC1. The Kier molecular flexibility index (Phi) is 5.62. The number of amides is 1. The monoisotopic (exact) mass is 289 g/mol. The average molecular weight is 289 g/mol. The van der Waals surface area contributed by atoms with Crippen molar-refractivity contribution in [2.24, 2.45) is 5.92 Å². The molecule has 0 radical (unpaired) electrons. The van der Waals surface area contributed by atoms with E-state index in [-0.39, 0.29) is 5.91 Å². The third kappa shape index (κ3) is 4.21.